The van der Waals surface area contributed by atoms with Crippen LogP contribution in [0.5, 0.6) is 5.75 Å². The van der Waals surface area contributed by atoms with E-state index in [4.69, 9.17) is 14.2 Å². The quantitative estimate of drug-likeness (QED) is 0.589. The summed E-state index contributed by atoms with van der Waals surface area (Å²) in [4.78, 5) is 11.9. The molecule has 9 heteroatoms. The van der Waals surface area contributed by atoms with Crippen LogP contribution < -0.4 is 34.3 Å². The maximum atomic E-state index is 12.8. The Morgan fingerprint density at radius 2 is 2.00 bits per heavy atom. The summed E-state index contributed by atoms with van der Waals surface area (Å²) in [7, 11) is -1.34. The van der Waals surface area contributed by atoms with Crippen LogP contribution >= 0.6 is 0 Å². The predicted octanol–water partition coefficient (Wildman–Crippen LogP) is 0.221. The molecule has 150 valence electrons. The maximum Gasteiger partial charge on any atom is 1.00 e. The van der Waals surface area contributed by atoms with Crippen LogP contribution in [0.1, 0.15) is 26.5 Å². The number of benzene rings is 1. The monoisotopic (exact) mass is 425 g/mol. The van der Waals surface area contributed by atoms with Crippen LogP contribution in [-0.2, 0) is 26.0 Å². The Kier molecular flexibility index (Phi) is 7.14. The SMILES string of the molecule is Cc1c(OC2COC(C)(C)OC2)ccnc1CS(=O)c1nc2ccccc2[nH]1.[H-].[Na+]. The van der Waals surface area contributed by atoms with Crippen molar-refractivity contribution in [1.82, 2.24) is 15.0 Å². The van der Waals surface area contributed by atoms with Gasteiger partial charge in [0.15, 0.2) is 10.9 Å². The Morgan fingerprint density at radius 1 is 1.28 bits per heavy atom. The van der Waals surface area contributed by atoms with Crippen LogP contribution in [-0.4, -0.2) is 44.3 Å². The molecule has 0 spiro atoms. The molecule has 1 atom stereocenters. The summed E-state index contributed by atoms with van der Waals surface area (Å²) in [6.45, 7) is 6.59. The summed E-state index contributed by atoms with van der Waals surface area (Å²) in [6, 6.07) is 9.43. The number of aromatic amines is 1. The molecule has 3 aromatic rings. The first-order chi connectivity index (χ1) is 13.4. The molecule has 0 saturated carbocycles. The second kappa shape index (κ2) is 9.24. The fraction of sp³-hybridized carbons (Fsp3) is 0.400. The number of imidazole rings is 1. The standard InChI is InChI=1S/C20H23N3O4S.Na.H/c1-13-17(12-28(24)19-22-15-6-4-5-7-16(15)23-19)21-9-8-18(13)27-14-10-25-20(2,3)26-11-14;;/h4-9,14H,10-12H2,1-3H3,(H,22,23);;/q;+1;-1. The van der Waals surface area contributed by atoms with Crippen molar-refractivity contribution in [3.63, 3.8) is 0 Å². The Hall–Kier alpha value is -1.29. The molecular weight excluding hydrogens is 401 g/mol. The molecule has 1 unspecified atom stereocenters. The number of hydrogen-bond donors (Lipinski definition) is 1. The molecule has 1 aliphatic rings. The van der Waals surface area contributed by atoms with Crippen LogP contribution in [0.2, 0.25) is 0 Å². The van der Waals surface area contributed by atoms with Gasteiger partial charge in [-0.15, -0.1) is 0 Å². The van der Waals surface area contributed by atoms with Crippen molar-refractivity contribution in [2.75, 3.05) is 13.2 Å². The van der Waals surface area contributed by atoms with Gasteiger partial charge in [-0.2, -0.15) is 0 Å². The van der Waals surface area contributed by atoms with Crippen molar-refractivity contribution in [2.24, 2.45) is 0 Å². The van der Waals surface area contributed by atoms with Crippen LogP contribution in [0, 0.1) is 6.92 Å². The van der Waals surface area contributed by atoms with Crippen molar-refractivity contribution in [1.29, 1.82) is 0 Å². The largest absolute Gasteiger partial charge is 1.00 e. The number of para-hydroxylation sites is 2. The average molecular weight is 425 g/mol. The third-order valence-electron chi connectivity index (χ3n) is 4.64. The molecule has 0 bridgehead atoms. The summed E-state index contributed by atoms with van der Waals surface area (Å²) in [5.74, 6) is 0.374. The molecule has 4 rings (SSSR count). The molecule has 7 nitrogen and oxygen atoms in total. The Labute approximate surface area is 195 Å². The molecule has 2 aromatic heterocycles. The molecule has 29 heavy (non-hydrogen) atoms. The van der Waals surface area contributed by atoms with Crippen LogP contribution in [0.15, 0.2) is 41.7 Å². The number of aromatic nitrogens is 3. The van der Waals surface area contributed by atoms with Crippen LogP contribution in [0.4, 0.5) is 0 Å². The minimum atomic E-state index is -1.34. The summed E-state index contributed by atoms with van der Waals surface area (Å²) in [6.07, 6.45) is 1.48. The van der Waals surface area contributed by atoms with E-state index >= 15 is 0 Å². The van der Waals surface area contributed by atoms with Gasteiger partial charge in [0.05, 0.1) is 46.5 Å². The molecule has 3 heterocycles. The van der Waals surface area contributed by atoms with Crippen LogP contribution in [0.25, 0.3) is 11.0 Å². The van der Waals surface area contributed by atoms with Crippen LogP contribution in [0.3, 0.4) is 0 Å². The Bertz CT molecular complexity index is 987. The zero-order valence-electron chi connectivity index (χ0n) is 18.1. The second-order valence-corrected chi connectivity index (χ2v) is 8.56. The van der Waals surface area contributed by atoms with E-state index in [0.717, 1.165) is 16.6 Å². The number of nitrogens with zero attached hydrogens (tertiary/aromatic N) is 2. The molecule has 0 amide bonds. The fourth-order valence-corrected chi connectivity index (χ4v) is 4.09. The number of rotatable bonds is 5. The molecule has 1 fully saturated rings. The number of nitrogens with one attached hydrogen (secondary N) is 1. The van der Waals surface area contributed by atoms with Gasteiger partial charge in [0.1, 0.15) is 11.9 Å². The van der Waals surface area contributed by atoms with Crippen molar-refractivity contribution < 1.29 is 49.4 Å². The number of hydrogen-bond acceptors (Lipinski definition) is 6. The van der Waals surface area contributed by atoms with Gasteiger partial charge in [0, 0.05) is 11.8 Å². The fourth-order valence-electron chi connectivity index (χ4n) is 2.99. The van der Waals surface area contributed by atoms with Gasteiger partial charge in [-0.1, -0.05) is 12.1 Å². The van der Waals surface area contributed by atoms with E-state index in [1.54, 1.807) is 6.20 Å². The Balaban J connectivity index is 0.00000160. The molecule has 1 saturated heterocycles. The first-order valence-corrected chi connectivity index (χ1v) is 10.5. The van der Waals surface area contributed by atoms with Gasteiger partial charge in [0.2, 0.25) is 0 Å². The number of pyridine rings is 1. The maximum absolute atomic E-state index is 12.8. The van der Waals surface area contributed by atoms with Gasteiger partial charge in [-0.3, -0.25) is 9.19 Å². The van der Waals surface area contributed by atoms with E-state index in [0.29, 0.717) is 29.8 Å². The predicted molar refractivity (Wildman–Crippen MR) is 107 cm³/mol. The third-order valence-corrected chi connectivity index (χ3v) is 5.80. The van der Waals surface area contributed by atoms with Gasteiger partial charge < -0.3 is 20.6 Å². The topological polar surface area (TPSA) is 86.3 Å². The molecular formula is C20H24N3NaO4S. The molecule has 0 radical (unpaired) electrons. The van der Waals surface area contributed by atoms with E-state index in [2.05, 4.69) is 15.0 Å². The summed E-state index contributed by atoms with van der Waals surface area (Å²) < 4.78 is 30.1. The zero-order valence-corrected chi connectivity index (χ0v) is 19.9. The van der Waals surface area contributed by atoms with Gasteiger partial charge in [-0.05, 0) is 39.0 Å². The van der Waals surface area contributed by atoms with E-state index in [-0.39, 0.29) is 42.8 Å². The minimum absolute atomic E-state index is 0. The smallest absolute Gasteiger partial charge is 1.00 e. The first-order valence-electron chi connectivity index (χ1n) is 9.13. The molecule has 1 N–H and O–H groups in total. The Morgan fingerprint density at radius 3 is 2.72 bits per heavy atom. The van der Waals surface area contributed by atoms with E-state index in [1.165, 1.54) is 0 Å². The van der Waals surface area contributed by atoms with Gasteiger partial charge >= 0.3 is 29.6 Å². The molecule has 1 aromatic carbocycles. The molecule has 0 aliphatic carbocycles. The van der Waals surface area contributed by atoms with Crippen molar-refractivity contribution in [2.45, 2.75) is 43.6 Å². The zero-order chi connectivity index (χ0) is 19.7. The van der Waals surface area contributed by atoms with Crippen molar-refractivity contribution >= 4 is 21.8 Å². The summed E-state index contributed by atoms with van der Waals surface area (Å²) >= 11 is 0. The van der Waals surface area contributed by atoms with E-state index < -0.39 is 16.6 Å². The van der Waals surface area contributed by atoms with Gasteiger partial charge in [0.25, 0.3) is 0 Å². The molecule has 1 aliphatic heterocycles. The number of ether oxygens (including phenoxy) is 3. The van der Waals surface area contributed by atoms with E-state index in [9.17, 15) is 4.21 Å². The summed E-state index contributed by atoms with van der Waals surface area (Å²) in [5.41, 5.74) is 3.24. The van der Waals surface area contributed by atoms with E-state index in [1.807, 2.05) is 51.1 Å². The first kappa shape index (κ1) is 22.4. The minimum Gasteiger partial charge on any atom is -1.00 e. The second-order valence-electron chi connectivity index (χ2n) is 7.19. The van der Waals surface area contributed by atoms with Gasteiger partial charge in [-0.25, -0.2) is 4.98 Å². The number of fused-ring (bicyclic) bond motifs is 1. The summed E-state index contributed by atoms with van der Waals surface area (Å²) in [5, 5.41) is 0.449. The van der Waals surface area contributed by atoms with Crippen molar-refractivity contribution in [3.05, 3.63) is 47.8 Å². The normalized spacial score (nSPS) is 17.6. The third kappa shape index (κ3) is 5.25. The number of H-pyrrole nitrogens is 1. The average Bonchev–Trinajstić information content (AvgIpc) is 3.11. The van der Waals surface area contributed by atoms with Crippen molar-refractivity contribution in [3.8, 4) is 5.75 Å².